The molecule has 0 atom stereocenters. The third kappa shape index (κ3) is 4.45. The van der Waals surface area contributed by atoms with E-state index >= 15 is 0 Å². The summed E-state index contributed by atoms with van der Waals surface area (Å²) in [6.45, 7) is 16.8. The Hall–Kier alpha value is -0.610. The Morgan fingerprint density at radius 2 is 1.68 bits per heavy atom. The number of nitrogens with zero attached hydrogens (tertiary/aromatic N) is 2. The van der Waals surface area contributed by atoms with Gasteiger partial charge in [-0.15, -0.1) is 0 Å². The first kappa shape index (κ1) is 17.7. The van der Waals surface area contributed by atoms with Crippen molar-refractivity contribution >= 4 is 5.91 Å². The van der Waals surface area contributed by atoms with E-state index in [2.05, 4.69) is 42.8 Å². The van der Waals surface area contributed by atoms with Gasteiger partial charge in [0.05, 0.1) is 0 Å². The summed E-state index contributed by atoms with van der Waals surface area (Å²) in [6.07, 6.45) is 4.00. The van der Waals surface area contributed by atoms with Crippen molar-refractivity contribution in [3.8, 4) is 0 Å². The maximum atomic E-state index is 12.4. The Kier molecular flexibility index (Phi) is 5.89. The number of piperidine rings is 1. The molecular weight excluding hydrogens is 274 g/mol. The predicted molar refractivity (Wildman–Crippen MR) is 91.9 cm³/mol. The van der Waals surface area contributed by atoms with Crippen LogP contribution in [0.3, 0.4) is 0 Å². The van der Waals surface area contributed by atoms with Gasteiger partial charge >= 0.3 is 0 Å². The van der Waals surface area contributed by atoms with Crippen LogP contribution in [0.1, 0.15) is 53.4 Å². The van der Waals surface area contributed by atoms with Crippen molar-refractivity contribution in [1.29, 1.82) is 0 Å². The van der Waals surface area contributed by atoms with Gasteiger partial charge in [-0.25, -0.2) is 0 Å². The molecule has 0 aromatic carbocycles. The Morgan fingerprint density at radius 1 is 1.09 bits per heavy atom. The lowest BCUT2D eigenvalue weighted by atomic mass is 9.63. The maximum Gasteiger partial charge on any atom is 0.222 e. The first-order chi connectivity index (χ1) is 10.3. The minimum Gasteiger partial charge on any atom is -0.343 e. The SMILES string of the molecule is CC(C)(C)C1(C)CCN(C(=O)CCCN2CCNCC2)CC1. The highest BCUT2D eigenvalue weighted by Crippen LogP contribution is 2.46. The molecule has 128 valence electrons. The molecule has 0 aromatic rings. The zero-order valence-corrected chi connectivity index (χ0v) is 15.1. The first-order valence-corrected chi connectivity index (χ1v) is 9.03. The van der Waals surface area contributed by atoms with Crippen molar-refractivity contribution in [2.45, 2.75) is 53.4 Å². The number of carbonyl (C=O) groups is 1. The van der Waals surface area contributed by atoms with Crippen LogP contribution in [0.15, 0.2) is 0 Å². The van der Waals surface area contributed by atoms with Crippen LogP contribution in [0.5, 0.6) is 0 Å². The number of nitrogens with one attached hydrogen (secondary N) is 1. The summed E-state index contributed by atoms with van der Waals surface area (Å²) < 4.78 is 0. The smallest absolute Gasteiger partial charge is 0.222 e. The summed E-state index contributed by atoms with van der Waals surface area (Å²) in [5, 5.41) is 3.37. The lowest BCUT2D eigenvalue weighted by Crippen LogP contribution is -2.47. The second-order valence-electron chi connectivity index (χ2n) is 8.39. The van der Waals surface area contributed by atoms with Crippen molar-refractivity contribution in [2.75, 3.05) is 45.8 Å². The first-order valence-electron chi connectivity index (χ1n) is 9.03. The molecule has 0 spiro atoms. The second-order valence-corrected chi connectivity index (χ2v) is 8.39. The lowest BCUT2D eigenvalue weighted by molar-refractivity contribution is -0.134. The highest BCUT2D eigenvalue weighted by atomic mass is 16.2. The fourth-order valence-corrected chi connectivity index (χ4v) is 3.55. The van der Waals surface area contributed by atoms with Crippen molar-refractivity contribution < 1.29 is 4.79 Å². The van der Waals surface area contributed by atoms with Gasteiger partial charge in [-0.2, -0.15) is 0 Å². The van der Waals surface area contributed by atoms with Crippen molar-refractivity contribution in [1.82, 2.24) is 15.1 Å². The maximum absolute atomic E-state index is 12.4. The molecule has 2 rings (SSSR count). The molecule has 0 unspecified atom stereocenters. The molecule has 4 nitrogen and oxygen atoms in total. The Balaban J connectivity index is 1.69. The summed E-state index contributed by atoms with van der Waals surface area (Å²) in [6, 6.07) is 0. The quantitative estimate of drug-likeness (QED) is 0.866. The molecule has 0 aliphatic carbocycles. The molecule has 22 heavy (non-hydrogen) atoms. The third-order valence-electron chi connectivity index (χ3n) is 6.10. The van der Waals surface area contributed by atoms with Crippen LogP contribution in [-0.4, -0.2) is 61.5 Å². The van der Waals surface area contributed by atoms with Gasteiger partial charge in [0.15, 0.2) is 0 Å². The number of rotatable bonds is 4. The molecule has 2 heterocycles. The van der Waals surface area contributed by atoms with Crippen LogP contribution in [0.4, 0.5) is 0 Å². The topological polar surface area (TPSA) is 35.6 Å². The Morgan fingerprint density at radius 3 is 2.23 bits per heavy atom. The van der Waals surface area contributed by atoms with Gasteiger partial charge in [0.1, 0.15) is 0 Å². The summed E-state index contributed by atoms with van der Waals surface area (Å²) in [4.78, 5) is 17.0. The number of amides is 1. The van der Waals surface area contributed by atoms with Gasteiger partial charge < -0.3 is 15.1 Å². The molecular formula is C18H35N3O. The van der Waals surface area contributed by atoms with E-state index in [0.717, 1.165) is 71.5 Å². The van der Waals surface area contributed by atoms with Crippen LogP contribution in [0.2, 0.25) is 0 Å². The van der Waals surface area contributed by atoms with E-state index in [-0.39, 0.29) is 0 Å². The van der Waals surface area contributed by atoms with Crippen LogP contribution in [-0.2, 0) is 4.79 Å². The molecule has 2 aliphatic rings. The summed E-state index contributed by atoms with van der Waals surface area (Å²) in [5.74, 6) is 0.367. The molecule has 0 aromatic heterocycles. The monoisotopic (exact) mass is 309 g/mol. The van der Waals surface area contributed by atoms with E-state index in [9.17, 15) is 4.79 Å². The van der Waals surface area contributed by atoms with E-state index in [4.69, 9.17) is 0 Å². The molecule has 2 saturated heterocycles. The van der Waals surface area contributed by atoms with Crippen molar-refractivity contribution in [3.63, 3.8) is 0 Å². The summed E-state index contributed by atoms with van der Waals surface area (Å²) in [7, 11) is 0. The molecule has 0 radical (unpaired) electrons. The van der Waals surface area contributed by atoms with E-state index in [0.29, 0.717) is 16.7 Å². The molecule has 0 bridgehead atoms. The molecule has 1 amide bonds. The number of hydrogen-bond acceptors (Lipinski definition) is 3. The van der Waals surface area contributed by atoms with E-state index in [1.807, 2.05) is 0 Å². The molecule has 1 N–H and O–H groups in total. The van der Waals surface area contributed by atoms with Gasteiger partial charge in [-0.05, 0) is 36.6 Å². The fraction of sp³-hybridized carbons (Fsp3) is 0.944. The average molecular weight is 309 g/mol. The minimum atomic E-state index is 0.324. The minimum absolute atomic E-state index is 0.324. The largest absolute Gasteiger partial charge is 0.343 e. The van der Waals surface area contributed by atoms with Gasteiger partial charge in [0.2, 0.25) is 5.91 Å². The normalized spacial score (nSPS) is 23.5. The number of piperazine rings is 1. The summed E-state index contributed by atoms with van der Waals surface area (Å²) in [5.41, 5.74) is 0.690. The van der Waals surface area contributed by atoms with Gasteiger partial charge in [0.25, 0.3) is 0 Å². The molecule has 2 aliphatic heterocycles. The molecule has 0 saturated carbocycles. The average Bonchev–Trinajstić information content (AvgIpc) is 2.48. The lowest BCUT2D eigenvalue weighted by Gasteiger charge is -2.48. The van der Waals surface area contributed by atoms with E-state index in [1.54, 1.807) is 0 Å². The van der Waals surface area contributed by atoms with E-state index < -0.39 is 0 Å². The zero-order chi connectivity index (χ0) is 16.2. The van der Waals surface area contributed by atoms with Crippen molar-refractivity contribution in [3.05, 3.63) is 0 Å². The number of hydrogen-bond donors (Lipinski definition) is 1. The van der Waals surface area contributed by atoms with Gasteiger partial charge in [-0.3, -0.25) is 4.79 Å². The van der Waals surface area contributed by atoms with Crippen LogP contribution < -0.4 is 5.32 Å². The van der Waals surface area contributed by atoms with Gasteiger partial charge in [-0.1, -0.05) is 27.7 Å². The van der Waals surface area contributed by atoms with Crippen molar-refractivity contribution in [2.24, 2.45) is 10.8 Å². The standard InChI is InChI=1S/C18H35N3O/c1-17(2,3)18(4)7-12-21(13-8-18)16(22)6-5-11-20-14-9-19-10-15-20/h19H,5-15H2,1-4H3. The van der Waals surface area contributed by atoms with Crippen LogP contribution >= 0.6 is 0 Å². The Labute approximate surface area is 136 Å². The second kappa shape index (κ2) is 7.31. The predicted octanol–water partition coefficient (Wildman–Crippen LogP) is 2.35. The highest BCUT2D eigenvalue weighted by Gasteiger charge is 2.40. The van der Waals surface area contributed by atoms with Crippen LogP contribution in [0.25, 0.3) is 0 Å². The highest BCUT2D eigenvalue weighted by molar-refractivity contribution is 5.76. The third-order valence-corrected chi connectivity index (χ3v) is 6.10. The number of carbonyl (C=O) groups excluding carboxylic acids is 1. The molecule has 2 fully saturated rings. The fourth-order valence-electron chi connectivity index (χ4n) is 3.55. The summed E-state index contributed by atoms with van der Waals surface area (Å²) >= 11 is 0. The number of likely N-dealkylation sites (tertiary alicyclic amines) is 1. The van der Waals surface area contributed by atoms with Gasteiger partial charge in [0, 0.05) is 45.7 Å². The Bertz CT molecular complexity index is 361. The van der Waals surface area contributed by atoms with Crippen LogP contribution in [0, 0.1) is 10.8 Å². The zero-order valence-electron chi connectivity index (χ0n) is 15.1. The molecule has 4 heteroatoms. The van der Waals surface area contributed by atoms with E-state index in [1.165, 1.54) is 0 Å².